The summed E-state index contributed by atoms with van der Waals surface area (Å²) in [7, 11) is 0. The van der Waals surface area contributed by atoms with Gasteiger partial charge in [-0.3, -0.25) is 9.89 Å². The van der Waals surface area contributed by atoms with E-state index >= 15 is 0 Å². The quantitative estimate of drug-likeness (QED) is 0.659. The highest BCUT2D eigenvalue weighted by molar-refractivity contribution is 6.29. The lowest BCUT2D eigenvalue weighted by Gasteiger charge is -1.93. The lowest BCUT2D eigenvalue weighted by atomic mass is 10.3. The molecular formula is C7H4ClN3O. The Bertz CT molecular complexity index is 479. The third-order valence-electron chi connectivity index (χ3n) is 1.50. The van der Waals surface area contributed by atoms with Crippen molar-refractivity contribution in [2.45, 2.75) is 0 Å². The molecule has 0 saturated carbocycles. The summed E-state index contributed by atoms with van der Waals surface area (Å²) in [6.45, 7) is 0. The zero-order valence-corrected chi connectivity index (χ0v) is 6.67. The fourth-order valence-electron chi connectivity index (χ4n) is 0.942. The molecule has 2 heterocycles. The molecule has 0 aliphatic carbocycles. The Hall–Kier alpha value is -1.42. The zero-order valence-electron chi connectivity index (χ0n) is 5.91. The molecule has 0 radical (unpaired) electrons. The van der Waals surface area contributed by atoms with Crippen LogP contribution in [0.4, 0.5) is 0 Å². The summed E-state index contributed by atoms with van der Waals surface area (Å²) in [6, 6.07) is 3.32. The van der Waals surface area contributed by atoms with Crippen LogP contribution in [-0.2, 0) is 0 Å². The number of hydrogen-bond acceptors (Lipinski definition) is 3. The van der Waals surface area contributed by atoms with Crippen LogP contribution in [0.5, 0.6) is 0 Å². The highest BCUT2D eigenvalue weighted by atomic mass is 35.5. The van der Waals surface area contributed by atoms with Crippen molar-refractivity contribution >= 4 is 22.6 Å². The minimum atomic E-state index is -0.293. The van der Waals surface area contributed by atoms with E-state index in [1.807, 2.05) is 0 Å². The molecule has 0 aliphatic rings. The average Bonchev–Trinajstić information content (AvgIpc) is 2.12. The number of aromatic nitrogens is 3. The van der Waals surface area contributed by atoms with Crippen LogP contribution < -0.4 is 5.43 Å². The van der Waals surface area contributed by atoms with Crippen LogP contribution in [0.25, 0.3) is 11.0 Å². The molecule has 0 bridgehead atoms. The smallest absolute Gasteiger partial charge is 0.228 e. The van der Waals surface area contributed by atoms with Gasteiger partial charge in [0, 0.05) is 6.20 Å². The van der Waals surface area contributed by atoms with Crippen LogP contribution in [0, 0.1) is 0 Å². The summed E-state index contributed by atoms with van der Waals surface area (Å²) in [4.78, 5) is 15.2. The van der Waals surface area contributed by atoms with Crippen LogP contribution in [0.15, 0.2) is 23.1 Å². The number of rotatable bonds is 0. The lowest BCUT2D eigenvalue weighted by molar-refractivity contribution is 1.04. The predicted octanol–water partition coefficient (Wildman–Crippen LogP) is 0.971. The van der Waals surface area contributed by atoms with E-state index < -0.39 is 0 Å². The fraction of sp³-hybridized carbons (Fsp3) is 0. The molecule has 0 unspecified atom stereocenters. The maximum atomic E-state index is 11.3. The molecule has 0 aromatic carbocycles. The zero-order chi connectivity index (χ0) is 8.55. The van der Waals surface area contributed by atoms with Gasteiger partial charge in [-0.2, -0.15) is 5.10 Å². The highest BCUT2D eigenvalue weighted by Gasteiger charge is 2.02. The Morgan fingerprint density at radius 3 is 3.17 bits per heavy atom. The molecule has 4 nitrogen and oxygen atoms in total. The number of pyridine rings is 1. The second-order valence-electron chi connectivity index (χ2n) is 2.24. The topological polar surface area (TPSA) is 58.6 Å². The Morgan fingerprint density at radius 1 is 1.50 bits per heavy atom. The largest absolute Gasteiger partial charge is 0.286 e. The van der Waals surface area contributed by atoms with Crippen LogP contribution >= 0.6 is 11.6 Å². The van der Waals surface area contributed by atoms with Gasteiger partial charge in [0.1, 0.15) is 0 Å². The van der Waals surface area contributed by atoms with Gasteiger partial charge >= 0.3 is 0 Å². The van der Waals surface area contributed by atoms with E-state index in [1.54, 1.807) is 18.3 Å². The normalized spacial score (nSPS) is 10.4. The lowest BCUT2D eigenvalue weighted by Crippen LogP contribution is -2.06. The van der Waals surface area contributed by atoms with E-state index in [0.717, 1.165) is 0 Å². The van der Waals surface area contributed by atoms with Crippen molar-refractivity contribution in [2.24, 2.45) is 0 Å². The van der Waals surface area contributed by atoms with E-state index in [0.29, 0.717) is 11.0 Å². The minimum absolute atomic E-state index is 0.0597. The van der Waals surface area contributed by atoms with E-state index in [9.17, 15) is 4.79 Å². The maximum Gasteiger partial charge on any atom is 0.228 e. The molecule has 0 spiro atoms. The monoisotopic (exact) mass is 181 g/mol. The van der Waals surface area contributed by atoms with E-state index in [-0.39, 0.29) is 10.6 Å². The number of nitrogens with one attached hydrogen (secondary N) is 1. The van der Waals surface area contributed by atoms with Crippen molar-refractivity contribution in [2.75, 3.05) is 0 Å². The Balaban J connectivity index is 3.01. The molecule has 0 atom stereocenters. The molecule has 1 N–H and O–H groups in total. The number of nitrogens with zero attached hydrogens (tertiary/aromatic N) is 2. The van der Waals surface area contributed by atoms with Gasteiger partial charge in [0.15, 0.2) is 10.8 Å². The Morgan fingerprint density at radius 2 is 2.33 bits per heavy atom. The van der Waals surface area contributed by atoms with Gasteiger partial charge in [-0.1, -0.05) is 11.6 Å². The molecule has 0 saturated heterocycles. The first-order chi connectivity index (χ1) is 5.79. The van der Waals surface area contributed by atoms with Gasteiger partial charge in [0.05, 0.1) is 5.39 Å². The molecule has 0 amide bonds. The van der Waals surface area contributed by atoms with Crippen molar-refractivity contribution < 1.29 is 0 Å². The van der Waals surface area contributed by atoms with Crippen LogP contribution in [0.2, 0.25) is 5.15 Å². The van der Waals surface area contributed by atoms with Crippen molar-refractivity contribution in [3.8, 4) is 0 Å². The first kappa shape index (κ1) is 7.24. The Labute approximate surface area is 72.2 Å². The minimum Gasteiger partial charge on any atom is -0.286 e. The van der Waals surface area contributed by atoms with Crippen molar-refractivity contribution in [3.63, 3.8) is 0 Å². The molecule has 2 rings (SSSR count). The second kappa shape index (κ2) is 2.57. The van der Waals surface area contributed by atoms with E-state index in [1.165, 1.54) is 0 Å². The molecule has 2 aromatic rings. The fourth-order valence-corrected chi connectivity index (χ4v) is 1.09. The molecule has 60 valence electrons. The number of hydrogen-bond donors (Lipinski definition) is 1. The van der Waals surface area contributed by atoms with Crippen LogP contribution in [0.1, 0.15) is 0 Å². The number of halogens is 1. The Kier molecular flexibility index (Phi) is 1.55. The molecule has 0 aliphatic heterocycles. The first-order valence-corrected chi connectivity index (χ1v) is 3.66. The third kappa shape index (κ3) is 0.967. The van der Waals surface area contributed by atoms with Crippen molar-refractivity contribution in [1.29, 1.82) is 0 Å². The summed E-state index contributed by atoms with van der Waals surface area (Å²) >= 11 is 5.51. The highest BCUT2D eigenvalue weighted by Crippen LogP contribution is 2.03. The van der Waals surface area contributed by atoms with Crippen LogP contribution in [0.3, 0.4) is 0 Å². The molecule has 5 heteroatoms. The summed E-state index contributed by atoms with van der Waals surface area (Å²) in [5.41, 5.74) is 0.158. The van der Waals surface area contributed by atoms with Gasteiger partial charge in [0.2, 0.25) is 5.43 Å². The standard InChI is InChI=1S/C7H4ClN3O/c8-6-5(12)4-2-1-3-9-7(4)11-10-6/h1-3H,(H,9,11,12). The summed E-state index contributed by atoms with van der Waals surface area (Å²) in [5, 5.41) is 6.54. The number of aromatic amines is 1. The van der Waals surface area contributed by atoms with Crippen molar-refractivity contribution in [1.82, 2.24) is 15.2 Å². The molecule has 12 heavy (non-hydrogen) atoms. The van der Waals surface area contributed by atoms with Gasteiger partial charge in [-0.25, -0.2) is 4.98 Å². The van der Waals surface area contributed by atoms with Gasteiger partial charge < -0.3 is 0 Å². The summed E-state index contributed by atoms with van der Waals surface area (Å²) in [6.07, 6.45) is 1.58. The van der Waals surface area contributed by atoms with Gasteiger partial charge in [-0.15, -0.1) is 0 Å². The molecule has 0 fully saturated rings. The average molecular weight is 182 g/mol. The summed E-state index contributed by atoms with van der Waals surface area (Å²) in [5.74, 6) is 0. The van der Waals surface area contributed by atoms with Crippen LogP contribution in [-0.4, -0.2) is 15.2 Å². The number of H-pyrrole nitrogens is 1. The van der Waals surface area contributed by atoms with E-state index in [4.69, 9.17) is 11.6 Å². The maximum absolute atomic E-state index is 11.3. The summed E-state index contributed by atoms with van der Waals surface area (Å²) < 4.78 is 0. The third-order valence-corrected chi connectivity index (χ3v) is 1.76. The first-order valence-electron chi connectivity index (χ1n) is 3.28. The van der Waals surface area contributed by atoms with Crippen molar-refractivity contribution in [3.05, 3.63) is 33.7 Å². The SMILES string of the molecule is O=c1c(Cl)n[nH]c2ncccc12. The molecular weight excluding hydrogens is 178 g/mol. The molecule has 2 aromatic heterocycles. The van der Waals surface area contributed by atoms with Gasteiger partial charge in [-0.05, 0) is 12.1 Å². The van der Waals surface area contributed by atoms with E-state index in [2.05, 4.69) is 15.2 Å². The predicted molar refractivity (Wildman–Crippen MR) is 45.2 cm³/mol. The second-order valence-corrected chi connectivity index (χ2v) is 2.60. The number of fused-ring (bicyclic) bond motifs is 1. The van der Waals surface area contributed by atoms with Gasteiger partial charge in [0.25, 0.3) is 0 Å².